The van der Waals surface area contributed by atoms with E-state index in [4.69, 9.17) is 10.5 Å². The van der Waals surface area contributed by atoms with Crippen LogP contribution in [0.4, 0.5) is 13.2 Å². The average molecular weight is 927 g/mol. The van der Waals surface area contributed by atoms with E-state index in [-0.39, 0.29) is 30.7 Å². The number of aromatic carboxylic acids is 1. The van der Waals surface area contributed by atoms with Crippen molar-refractivity contribution in [2.24, 2.45) is 0 Å². The molecule has 0 unspecified atom stereocenters. The summed E-state index contributed by atoms with van der Waals surface area (Å²) in [6.07, 6.45) is 6.46. The third-order valence-electron chi connectivity index (χ3n) is 8.23. The smallest absolute Gasteiger partial charge is 0.753 e. The molecule has 0 saturated carbocycles. The summed E-state index contributed by atoms with van der Waals surface area (Å²) in [5.74, 6) is -0.987. The van der Waals surface area contributed by atoms with E-state index in [1.807, 2.05) is 47.7 Å². The monoisotopic (exact) mass is 927 g/mol. The summed E-state index contributed by atoms with van der Waals surface area (Å²) >= 11 is 9.12. The number of hydrogen-bond donors (Lipinski definition) is 1. The summed E-state index contributed by atoms with van der Waals surface area (Å²) in [7, 11) is 0. The summed E-state index contributed by atoms with van der Waals surface area (Å²) in [5, 5.41) is 24.4. The molecule has 0 aromatic carbocycles. The Morgan fingerprint density at radius 1 is 0.807 bits per heavy atom. The number of aryl methyl sites for hydroxylation is 1. The summed E-state index contributed by atoms with van der Waals surface area (Å²) in [4.78, 5) is 30.7. The Hall–Kier alpha value is -4.89. The van der Waals surface area contributed by atoms with Crippen molar-refractivity contribution < 1.29 is 42.6 Å². The molecule has 0 atom stereocenters. The fraction of sp³-hybridized carbons (Fsp3) is 0.175. The Morgan fingerprint density at radius 3 is 2.19 bits per heavy atom. The minimum absolute atomic E-state index is 0. The van der Waals surface area contributed by atoms with Gasteiger partial charge >= 0.3 is 31.6 Å². The van der Waals surface area contributed by atoms with E-state index in [1.165, 1.54) is 72.9 Å². The van der Waals surface area contributed by atoms with Gasteiger partial charge in [0.1, 0.15) is 5.69 Å². The molecule has 1 N–H and O–H groups in total. The molecule has 8 heterocycles. The minimum atomic E-state index is -4.51. The predicted molar refractivity (Wildman–Crippen MR) is 221 cm³/mol. The van der Waals surface area contributed by atoms with Crippen molar-refractivity contribution in [3.63, 3.8) is 0 Å². The van der Waals surface area contributed by atoms with Crippen LogP contribution in [-0.4, -0.2) is 41.3 Å². The van der Waals surface area contributed by atoms with Gasteiger partial charge in [-0.05, 0) is 85.1 Å². The van der Waals surface area contributed by atoms with E-state index in [0.29, 0.717) is 17.1 Å². The minimum Gasteiger partial charge on any atom is -0.753 e. The first kappa shape index (κ1) is 43.2. The van der Waals surface area contributed by atoms with Gasteiger partial charge in [0.2, 0.25) is 0 Å². The van der Waals surface area contributed by atoms with Gasteiger partial charge in [-0.1, -0.05) is 56.2 Å². The summed E-state index contributed by atoms with van der Waals surface area (Å²) in [5.41, 5.74) is 3.23. The zero-order valence-electron chi connectivity index (χ0n) is 29.9. The first-order valence-electron chi connectivity index (χ1n) is 17.2. The number of carboxylic acid groups (broad SMARTS) is 1. The van der Waals surface area contributed by atoms with Gasteiger partial charge in [-0.3, -0.25) is 15.0 Å². The van der Waals surface area contributed by atoms with Crippen LogP contribution in [0.2, 0.25) is 0 Å². The molecule has 0 spiro atoms. The van der Waals surface area contributed by atoms with Crippen LogP contribution in [0.1, 0.15) is 53.5 Å². The number of nitrogens with zero attached hydrogens (tertiary/aromatic N) is 7. The second-order valence-corrected chi connectivity index (χ2v) is 15.6. The Kier molecular flexibility index (Phi) is 15.2. The van der Waals surface area contributed by atoms with Crippen LogP contribution >= 0.6 is 46.2 Å². The molecule has 0 amide bonds. The van der Waals surface area contributed by atoms with Gasteiger partial charge < -0.3 is 20.7 Å². The molecule has 8 aromatic rings. The van der Waals surface area contributed by atoms with Crippen molar-refractivity contribution >= 4 is 76.2 Å². The van der Waals surface area contributed by atoms with Crippen LogP contribution in [0.5, 0.6) is 0 Å². The Bertz CT molecular complexity index is 2620. The molecule has 290 valence electrons. The molecular weight excluding hydrogens is 897 g/mol. The molecule has 8 aromatic heterocycles. The number of fused-ring (bicyclic) bond motifs is 3. The molecule has 9 nitrogen and oxygen atoms in total. The molecule has 8 rings (SSSR count). The standard InChI is InChI=1S/C23H19F3N3S3.C16H11N3O2.CNS.Ru/c1-2-3-4-5-6-14-10-18-21(30-14)22-19(31-18)12-17(32-22)13-7-8-27-15(9-13)16-11-20(29-28-16)23(24,25)26;20-16(21)11-7-9-18-15(10-11)14-6-3-5-13(19-14)12-4-1-2-8-17-12;2-1-3;/h7-12H,2-6H2,1H3;1-10H,(H,20,21);;/q-1;;-1;+2. The van der Waals surface area contributed by atoms with Gasteiger partial charge in [-0.25, -0.2) is 9.78 Å². The topological polar surface area (TPSA) is 138 Å². The fourth-order valence-corrected chi connectivity index (χ4v) is 9.68. The van der Waals surface area contributed by atoms with Gasteiger partial charge in [0.05, 0.1) is 43.4 Å². The average Bonchev–Trinajstić information content (AvgIpc) is 4.01. The van der Waals surface area contributed by atoms with Crippen molar-refractivity contribution in [2.45, 2.75) is 45.2 Å². The van der Waals surface area contributed by atoms with Crippen molar-refractivity contribution in [3.8, 4) is 44.6 Å². The molecule has 0 fully saturated rings. The maximum atomic E-state index is 12.9. The molecule has 0 bridgehead atoms. The van der Waals surface area contributed by atoms with Crippen LogP contribution in [0.25, 0.3) is 68.8 Å². The molecule has 0 aliphatic rings. The first-order chi connectivity index (χ1) is 27.1. The Morgan fingerprint density at radius 2 is 1.49 bits per heavy atom. The number of carboxylic acids is 1. The maximum Gasteiger partial charge on any atom is 2.00 e. The number of isothiocyanates is 1. The number of unbranched alkanes of at least 4 members (excludes halogenated alkanes) is 3. The largest absolute Gasteiger partial charge is 2.00 e. The van der Waals surface area contributed by atoms with Crippen LogP contribution in [-0.2, 0) is 32.1 Å². The van der Waals surface area contributed by atoms with E-state index in [2.05, 4.69) is 61.4 Å². The van der Waals surface area contributed by atoms with Gasteiger partial charge in [-0.2, -0.15) is 18.3 Å². The van der Waals surface area contributed by atoms with E-state index in [9.17, 15) is 18.0 Å². The quantitative estimate of drug-likeness (QED) is 0.0615. The molecule has 0 aliphatic carbocycles. The summed E-state index contributed by atoms with van der Waals surface area (Å²) < 4.78 is 43.8. The maximum absolute atomic E-state index is 12.9. The van der Waals surface area contributed by atoms with Gasteiger partial charge in [0.15, 0.2) is 0 Å². The van der Waals surface area contributed by atoms with Crippen molar-refractivity contribution in [3.05, 3.63) is 119 Å². The van der Waals surface area contributed by atoms with E-state index in [1.54, 1.807) is 47.2 Å². The molecule has 17 heteroatoms. The first-order valence-corrected chi connectivity index (χ1v) is 20.0. The van der Waals surface area contributed by atoms with Crippen molar-refractivity contribution in [2.75, 3.05) is 0 Å². The second-order valence-electron chi connectivity index (χ2n) is 12.1. The van der Waals surface area contributed by atoms with Gasteiger partial charge in [-0.15, -0.1) is 34.0 Å². The van der Waals surface area contributed by atoms with E-state index < -0.39 is 17.8 Å². The zero-order chi connectivity index (χ0) is 39.7. The summed E-state index contributed by atoms with van der Waals surface area (Å²) in [6.45, 7) is 2.23. The molecule has 0 radical (unpaired) electrons. The number of aromatic nitrogens is 6. The van der Waals surface area contributed by atoms with Crippen molar-refractivity contribution in [1.29, 1.82) is 0 Å². The normalized spacial score (nSPS) is 10.9. The second kappa shape index (κ2) is 20.0. The predicted octanol–water partition coefficient (Wildman–Crippen LogP) is 12.0. The van der Waals surface area contributed by atoms with E-state index in [0.717, 1.165) is 34.3 Å². The number of hydrogen-bond acceptors (Lipinski definition) is 10. The number of thiophene rings is 3. The summed E-state index contributed by atoms with van der Waals surface area (Å²) in [6, 6.07) is 23.1. The Balaban J connectivity index is 0.000000215. The Labute approximate surface area is 355 Å². The molecule has 0 saturated heterocycles. The van der Waals surface area contributed by atoms with Crippen LogP contribution in [0, 0.1) is 0 Å². The van der Waals surface area contributed by atoms with Gasteiger partial charge in [0, 0.05) is 37.7 Å². The van der Waals surface area contributed by atoms with Crippen LogP contribution in [0.15, 0.2) is 97.5 Å². The molecule has 57 heavy (non-hydrogen) atoms. The SMILES string of the molecule is CCCCCCc1cc2sc3cc(-c4ccnc(-c5cc(C(F)(F)F)n[n-]5)c4)sc3c2s1.O=C(O)c1ccnc(-c2cccc(-c3ccccn3)n2)c1.[N-]=C=S.[Ru+2]. The van der Waals surface area contributed by atoms with Crippen molar-refractivity contribution in [1.82, 2.24) is 30.1 Å². The zero-order valence-corrected chi connectivity index (χ0v) is 34.9. The number of pyridine rings is 4. The number of alkyl halides is 3. The third-order valence-corrected chi connectivity index (χ3v) is 12.1. The number of thiocarbonyl (C=S) groups is 1. The number of halogens is 3. The third kappa shape index (κ3) is 10.9. The van der Waals surface area contributed by atoms with Gasteiger partial charge in [0.25, 0.3) is 0 Å². The number of carbonyl (C=O) groups is 1. The van der Waals surface area contributed by atoms with E-state index >= 15 is 0 Å². The molecule has 0 aliphatic heterocycles. The molecular formula is C40H30F3N7O2RuS4. The fourth-order valence-electron chi connectivity index (χ4n) is 5.60. The van der Waals surface area contributed by atoms with Crippen LogP contribution < -0.4 is 5.10 Å². The van der Waals surface area contributed by atoms with Crippen LogP contribution in [0.3, 0.4) is 0 Å². The number of rotatable bonds is 10.